The molecular formula is C14H15BrN6OS. The van der Waals surface area contributed by atoms with Crippen LogP contribution >= 0.6 is 27.7 Å². The number of aryl methyl sites for hydroxylation is 1. The molecule has 0 radical (unpaired) electrons. The molecular weight excluding hydrogens is 380 g/mol. The molecule has 9 heteroatoms. The molecule has 0 aliphatic heterocycles. The Hall–Kier alpha value is -1.87. The van der Waals surface area contributed by atoms with Crippen LogP contribution in [-0.4, -0.2) is 25.0 Å². The van der Waals surface area contributed by atoms with Gasteiger partial charge in [0.1, 0.15) is 0 Å². The molecule has 2 N–H and O–H groups in total. The second kappa shape index (κ2) is 7.14. The van der Waals surface area contributed by atoms with Gasteiger partial charge in [-0.2, -0.15) is 4.98 Å². The number of halogens is 1. The first-order valence-corrected chi connectivity index (χ1v) is 8.86. The fourth-order valence-corrected chi connectivity index (χ4v) is 3.16. The van der Waals surface area contributed by atoms with Crippen LogP contribution in [0.1, 0.15) is 25.1 Å². The molecule has 3 rings (SSSR count). The Morgan fingerprint density at radius 2 is 2.13 bits per heavy atom. The van der Waals surface area contributed by atoms with Gasteiger partial charge in [-0.15, -0.1) is 10.2 Å². The summed E-state index contributed by atoms with van der Waals surface area (Å²) in [5.41, 5.74) is 0.886. The van der Waals surface area contributed by atoms with Crippen molar-refractivity contribution in [2.24, 2.45) is 0 Å². The van der Waals surface area contributed by atoms with E-state index < -0.39 is 0 Å². The highest BCUT2D eigenvalue weighted by Crippen LogP contribution is 2.28. The maximum Gasteiger partial charge on any atom is 0.237 e. The average Bonchev–Trinajstić information content (AvgIpc) is 3.13. The predicted molar refractivity (Wildman–Crippen MR) is 91.2 cm³/mol. The lowest BCUT2D eigenvalue weighted by atomic mass is 10.2. The molecule has 0 aliphatic carbocycles. The van der Waals surface area contributed by atoms with Gasteiger partial charge in [0, 0.05) is 16.5 Å². The number of nitrogens with two attached hydrogens (primary N) is 1. The zero-order chi connectivity index (χ0) is 16.2. The second-order valence-corrected chi connectivity index (χ2v) is 6.60. The summed E-state index contributed by atoms with van der Waals surface area (Å²) in [4.78, 5) is 4.32. The fraction of sp³-hybridized carbons (Fsp3) is 0.286. The summed E-state index contributed by atoms with van der Waals surface area (Å²) in [7, 11) is 0. The first kappa shape index (κ1) is 16.0. The first-order chi connectivity index (χ1) is 11.2. The third kappa shape index (κ3) is 3.56. The predicted octanol–water partition coefficient (Wildman–Crippen LogP) is 3.05. The van der Waals surface area contributed by atoms with E-state index in [4.69, 9.17) is 10.4 Å². The number of rotatable bonds is 6. The van der Waals surface area contributed by atoms with E-state index in [0.717, 1.165) is 28.7 Å². The van der Waals surface area contributed by atoms with E-state index in [-0.39, 0.29) is 0 Å². The molecule has 1 aromatic carbocycles. The normalized spacial score (nSPS) is 11.0. The third-order valence-electron chi connectivity index (χ3n) is 3.09. The van der Waals surface area contributed by atoms with Crippen molar-refractivity contribution in [3.63, 3.8) is 0 Å². The maximum atomic E-state index is 6.10. The van der Waals surface area contributed by atoms with Crippen LogP contribution < -0.4 is 5.84 Å². The number of aromatic nitrogens is 5. The summed E-state index contributed by atoms with van der Waals surface area (Å²) in [6.45, 7) is 2.07. The number of thioether (sulfide) groups is 1. The molecule has 23 heavy (non-hydrogen) atoms. The van der Waals surface area contributed by atoms with Crippen LogP contribution in [0.25, 0.3) is 11.4 Å². The Kier molecular flexibility index (Phi) is 4.97. The van der Waals surface area contributed by atoms with Gasteiger partial charge in [-0.3, -0.25) is 0 Å². The Balaban J connectivity index is 1.73. The van der Waals surface area contributed by atoms with E-state index in [0.29, 0.717) is 22.6 Å². The second-order valence-electron chi connectivity index (χ2n) is 4.80. The topological polar surface area (TPSA) is 95.7 Å². The summed E-state index contributed by atoms with van der Waals surface area (Å²) < 4.78 is 7.58. The summed E-state index contributed by atoms with van der Waals surface area (Å²) in [6, 6.07) is 7.73. The van der Waals surface area contributed by atoms with Crippen molar-refractivity contribution in [1.29, 1.82) is 0 Å². The van der Waals surface area contributed by atoms with Crippen molar-refractivity contribution in [2.45, 2.75) is 30.7 Å². The average molecular weight is 395 g/mol. The molecule has 0 saturated heterocycles. The van der Waals surface area contributed by atoms with Gasteiger partial charge in [0.25, 0.3) is 0 Å². The van der Waals surface area contributed by atoms with Gasteiger partial charge in [0.15, 0.2) is 11.6 Å². The molecule has 0 bridgehead atoms. The molecule has 7 nitrogen and oxygen atoms in total. The molecule has 0 atom stereocenters. The zero-order valence-corrected chi connectivity index (χ0v) is 14.8. The molecule has 0 unspecified atom stereocenters. The molecule has 0 fully saturated rings. The van der Waals surface area contributed by atoms with Crippen LogP contribution in [-0.2, 0) is 12.2 Å². The van der Waals surface area contributed by atoms with Gasteiger partial charge >= 0.3 is 0 Å². The summed E-state index contributed by atoms with van der Waals surface area (Å²) in [5, 5.41) is 12.8. The van der Waals surface area contributed by atoms with E-state index in [1.54, 1.807) is 0 Å². The van der Waals surface area contributed by atoms with Crippen molar-refractivity contribution < 1.29 is 4.52 Å². The number of nitrogens with zero attached hydrogens (tertiary/aromatic N) is 5. The van der Waals surface area contributed by atoms with Crippen LogP contribution in [0.5, 0.6) is 0 Å². The number of nitrogen functional groups attached to an aromatic ring is 1. The van der Waals surface area contributed by atoms with Gasteiger partial charge in [0.2, 0.25) is 11.0 Å². The number of hydrogen-bond donors (Lipinski definition) is 1. The van der Waals surface area contributed by atoms with Crippen LogP contribution in [0, 0.1) is 0 Å². The van der Waals surface area contributed by atoms with Crippen molar-refractivity contribution >= 4 is 27.7 Å². The van der Waals surface area contributed by atoms with Crippen LogP contribution in [0.3, 0.4) is 0 Å². The number of hydrogen-bond acceptors (Lipinski definition) is 7. The summed E-state index contributed by atoms with van der Waals surface area (Å²) >= 11 is 4.90. The van der Waals surface area contributed by atoms with E-state index in [1.807, 2.05) is 24.3 Å². The monoisotopic (exact) mass is 394 g/mol. The van der Waals surface area contributed by atoms with Gasteiger partial charge in [-0.25, -0.2) is 4.68 Å². The molecule has 2 aromatic heterocycles. The summed E-state index contributed by atoms with van der Waals surface area (Å²) in [5.74, 6) is 8.49. The SMILES string of the molecule is CCCc1noc(CSc2nnc(-c3ccccc3Br)n2N)n1. The Morgan fingerprint density at radius 3 is 2.91 bits per heavy atom. The van der Waals surface area contributed by atoms with E-state index in [9.17, 15) is 0 Å². The molecule has 3 aromatic rings. The molecule has 120 valence electrons. The Labute approximate surface area is 145 Å². The highest BCUT2D eigenvalue weighted by Gasteiger charge is 2.15. The first-order valence-electron chi connectivity index (χ1n) is 7.08. The highest BCUT2D eigenvalue weighted by molar-refractivity contribution is 9.10. The fourth-order valence-electron chi connectivity index (χ4n) is 2.00. The van der Waals surface area contributed by atoms with Crippen molar-refractivity contribution in [1.82, 2.24) is 25.0 Å². The molecule has 0 spiro atoms. The van der Waals surface area contributed by atoms with Gasteiger partial charge in [-0.1, -0.05) is 51.9 Å². The maximum absolute atomic E-state index is 6.10. The highest BCUT2D eigenvalue weighted by atomic mass is 79.9. The van der Waals surface area contributed by atoms with Gasteiger partial charge in [-0.05, 0) is 18.6 Å². The zero-order valence-electron chi connectivity index (χ0n) is 12.4. The van der Waals surface area contributed by atoms with Crippen molar-refractivity contribution in [3.8, 4) is 11.4 Å². The smallest absolute Gasteiger partial charge is 0.237 e. The Bertz CT molecular complexity index is 802. The Morgan fingerprint density at radius 1 is 1.30 bits per heavy atom. The van der Waals surface area contributed by atoms with E-state index in [1.165, 1.54) is 16.4 Å². The van der Waals surface area contributed by atoms with Gasteiger partial charge in [0.05, 0.1) is 5.75 Å². The van der Waals surface area contributed by atoms with Gasteiger partial charge < -0.3 is 10.4 Å². The molecule has 0 amide bonds. The van der Waals surface area contributed by atoms with Crippen LogP contribution in [0.15, 0.2) is 38.4 Å². The van der Waals surface area contributed by atoms with E-state index in [2.05, 4.69) is 43.2 Å². The lowest BCUT2D eigenvalue weighted by molar-refractivity contribution is 0.384. The number of benzene rings is 1. The standard InChI is InChI=1S/C14H15BrN6OS/c1-2-5-11-17-12(22-20-11)8-23-14-19-18-13(21(14)16)9-6-3-4-7-10(9)15/h3-4,6-7H,2,5,8,16H2,1H3. The lowest BCUT2D eigenvalue weighted by Crippen LogP contribution is -2.11. The minimum absolute atomic E-state index is 0.502. The van der Waals surface area contributed by atoms with Crippen LogP contribution in [0.2, 0.25) is 0 Å². The largest absolute Gasteiger partial charge is 0.338 e. The minimum atomic E-state index is 0.502. The van der Waals surface area contributed by atoms with E-state index >= 15 is 0 Å². The molecule has 2 heterocycles. The van der Waals surface area contributed by atoms with Crippen LogP contribution in [0.4, 0.5) is 0 Å². The molecule has 0 aliphatic rings. The van der Waals surface area contributed by atoms with Crippen molar-refractivity contribution in [3.05, 3.63) is 40.5 Å². The minimum Gasteiger partial charge on any atom is -0.338 e. The molecule has 0 saturated carbocycles. The quantitative estimate of drug-likeness (QED) is 0.506. The summed E-state index contributed by atoms with van der Waals surface area (Å²) in [6.07, 6.45) is 1.80. The third-order valence-corrected chi connectivity index (χ3v) is 4.71. The van der Waals surface area contributed by atoms with Crippen molar-refractivity contribution in [2.75, 3.05) is 5.84 Å². The lowest BCUT2D eigenvalue weighted by Gasteiger charge is -2.04.